The van der Waals surface area contributed by atoms with E-state index in [0.29, 0.717) is 25.9 Å². The monoisotopic (exact) mass is 512 g/mol. The Labute approximate surface area is 187 Å². The summed E-state index contributed by atoms with van der Waals surface area (Å²) in [6.45, 7) is 0.657. The van der Waals surface area contributed by atoms with Crippen molar-refractivity contribution in [3.63, 3.8) is 0 Å². The van der Waals surface area contributed by atoms with Gasteiger partial charge in [-0.2, -0.15) is 4.31 Å². The van der Waals surface area contributed by atoms with Crippen molar-refractivity contribution in [2.75, 3.05) is 13.1 Å². The zero-order valence-electron chi connectivity index (χ0n) is 16.1. The zero-order chi connectivity index (χ0) is 23.7. The van der Waals surface area contributed by atoms with Gasteiger partial charge in [0.05, 0.1) is 20.4 Å². The minimum Gasteiger partial charge on any atom is -0.406 e. The van der Waals surface area contributed by atoms with Gasteiger partial charge in [-0.3, -0.25) is 4.79 Å². The quantitative estimate of drug-likeness (QED) is 0.637. The third kappa shape index (κ3) is 5.52. The van der Waals surface area contributed by atoms with Crippen LogP contribution in [0.25, 0.3) is 0 Å². The molecule has 174 valence electrons. The first kappa shape index (κ1) is 24.3. The van der Waals surface area contributed by atoms with Crippen molar-refractivity contribution in [2.24, 2.45) is 0 Å². The van der Waals surface area contributed by atoms with E-state index in [0.717, 1.165) is 36.4 Å². The molecule has 8 nitrogen and oxygen atoms in total. The second kappa shape index (κ2) is 8.89. The highest BCUT2D eigenvalue weighted by molar-refractivity contribution is 7.90. The van der Waals surface area contributed by atoms with Gasteiger partial charge in [-0.25, -0.2) is 21.6 Å². The second-order valence-electron chi connectivity index (χ2n) is 6.71. The maximum atomic E-state index is 12.7. The highest BCUT2D eigenvalue weighted by Crippen LogP contribution is 2.27. The fourth-order valence-electron chi connectivity index (χ4n) is 2.97. The van der Waals surface area contributed by atoms with E-state index in [4.69, 9.17) is 11.6 Å². The number of alkyl halides is 3. The van der Waals surface area contributed by atoms with Crippen LogP contribution in [0.2, 0.25) is 5.02 Å². The number of nitrogens with zero attached hydrogens (tertiary/aromatic N) is 1. The van der Waals surface area contributed by atoms with E-state index in [1.807, 2.05) is 0 Å². The lowest BCUT2D eigenvalue weighted by Gasteiger charge is -2.16. The van der Waals surface area contributed by atoms with E-state index in [1.54, 1.807) is 4.72 Å². The van der Waals surface area contributed by atoms with Crippen LogP contribution in [0.5, 0.6) is 5.75 Å². The van der Waals surface area contributed by atoms with Gasteiger partial charge < -0.3 is 4.74 Å². The molecule has 0 aliphatic carbocycles. The van der Waals surface area contributed by atoms with Crippen molar-refractivity contribution in [2.45, 2.75) is 29.0 Å². The Hall–Kier alpha value is -2.35. The second-order valence-corrected chi connectivity index (χ2v) is 10.7. The van der Waals surface area contributed by atoms with Crippen molar-refractivity contribution < 1.29 is 39.5 Å². The molecule has 0 radical (unpaired) electrons. The first-order chi connectivity index (χ1) is 14.8. The van der Waals surface area contributed by atoms with E-state index in [-0.39, 0.29) is 9.92 Å². The fourth-order valence-corrected chi connectivity index (χ4v) is 5.69. The average molecular weight is 513 g/mol. The normalized spacial score (nSPS) is 15.5. The summed E-state index contributed by atoms with van der Waals surface area (Å²) in [7, 11) is -8.39. The predicted octanol–water partition coefficient (Wildman–Crippen LogP) is 3.14. The van der Waals surface area contributed by atoms with Crippen molar-refractivity contribution in [3.8, 4) is 5.75 Å². The molecular weight excluding hydrogens is 497 g/mol. The molecule has 2 aromatic rings. The summed E-state index contributed by atoms with van der Waals surface area (Å²) in [5.41, 5.74) is -0.396. The molecule has 3 rings (SSSR count). The summed E-state index contributed by atoms with van der Waals surface area (Å²) in [6.07, 6.45) is -3.55. The lowest BCUT2D eigenvalue weighted by atomic mass is 10.2. The van der Waals surface area contributed by atoms with E-state index < -0.39 is 48.5 Å². The van der Waals surface area contributed by atoms with E-state index in [1.165, 1.54) is 10.4 Å². The lowest BCUT2D eigenvalue weighted by molar-refractivity contribution is -0.274. The van der Waals surface area contributed by atoms with Crippen LogP contribution < -0.4 is 9.46 Å². The first-order valence-corrected chi connectivity index (χ1v) is 12.3. The number of carbonyl (C=O) groups excluding carboxylic acids is 1. The highest BCUT2D eigenvalue weighted by atomic mass is 35.5. The van der Waals surface area contributed by atoms with Crippen LogP contribution in [0.15, 0.2) is 52.3 Å². The summed E-state index contributed by atoms with van der Waals surface area (Å²) >= 11 is 5.97. The molecule has 14 heteroatoms. The van der Waals surface area contributed by atoms with Gasteiger partial charge >= 0.3 is 6.36 Å². The van der Waals surface area contributed by atoms with Crippen LogP contribution in [0.3, 0.4) is 0 Å². The Morgan fingerprint density at radius 3 is 2.09 bits per heavy atom. The van der Waals surface area contributed by atoms with Gasteiger partial charge in [0.1, 0.15) is 5.75 Å². The molecule has 1 saturated heterocycles. The number of sulfonamides is 2. The molecule has 32 heavy (non-hydrogen) atoms. The van der Waals surface area contributed by atoms with Crippen LogP contribution in [-0.4, -0.2) is 46.5 Å². The molecule has 1 amide bonds. The SMILES string of the molecule is O=C(NS(=O)(=O)c1ccc(OC(F)(F)F)cc1)c1cc(S(=O)(=O)N2CCCC2)ccc1Cl. The van der Waals surface area contributed by atoms with Gasteiger partial charge in [-0.15, -0.1) is 13.2 Å². The fraction of sp³-hybridized carbons (Fsp3) is 0.278. The van der Waals surface area contributed by atoms with Crippen LogP contribution >= 0.6 is 11.6 Å². The molecule has 0 atom stereocenters. The number of hydrogen-bond donors (Lipinski definition) is 1. The first-order valence-electron chi connectivity index (χ1n) is 9.02. The molecule has 2 aromatic carbocycles. The van der Waals surface area contributed by atoms with Crippen molar-refractivity contribution >= 4 is 37.6 Å². The Bertz CT molecular complexity index is 1230. The minimum absolute atomic E-state index is 0.188. The van der Waals surface area contributed by atoms with Gasteiger partial charge in [0.15, 0.2) is 0 Å². The molecule has 0 bridgehead atoms. The zero-order valence-corrected chi connectivity index (χ0v) is 18.5. The van der Waals surface area contributed by atoms with Crippen molar-refractivity contribution in [3.05, 3.63) is 53.1 Å². The van der Waals surface area contributed by atoms with Gasteiger partial charge in [0, 0.05) is 13.1 Å². The van der Waals surface area contributed by atoms with Crippen molar-refractivity contribution in [1.29, 1.82) is 0 Å². The molecule has 1 heterocycles. The van der Waals surface area contributed by atoms with E-state index >= 15 is 0 Å². The summed E-state index contributed by atoms with van der Waals surface area (Å²) in [5.74, 6) is -1.85. The molecule has 0 unspecified atom stereocenters. The summed E-state index contributed by atoms with van der Waals surface area (Å²) in [4.78, 5) is 11.8. The van der Waals surface area contributed by atoms with E-state index in [9.17, 15) is 34.8 Å². The number of benzene rings is 2. The van der Waals surface area contributed by atoms with Crippen LogP contribution in [-0.2, 0) is 20.0 Å². The van der Waals surface area contributed by atoms with Crippen molar-refractivity contribution in [1.82, 2.24) is 9.03 Å². The Kier molecular flexibility index (Phi) is 6.75. The van der Waals surface area contributed by atoms with Gasteiger partial charge in [0.2, 0.25) is 10.0 Å². The number of hydrogen-bond acceptors (Lipinski definition) is 6. The highest BCUT2D eigenvalue weighted by Gasteiger charge is 2.32. The third-order valence-electron chi connectivity index (χ3n) is 4.48. The largest absolute Gasteiger partial charge is 0.573 e. The van der Waals surface area contributed by atoms with Gasteiger partial charge in [0.25, 0.3) is 15.9 Å². The molecule has 1 N–H and O–H groups in total. The number of amides is 1. The Balaban J connectivity index is 1.83. The summed E-state index contributed by atoms with van der Waals surface area (Å²) in [5, 5.41) is -0.188. The van der Waals surface area contributed by atoms with Gasteiger partial charge in [-0.1, -0.05) is 11.6 Å². The third-order valence-corrected chi connectivity index (χ3v) is 8.05. The number of halogens is 4. The summed E-state index contributed by atoms with van der Waals surface area (Å²) < 4.78 is 93.6. The minimum atomic E-state index is -4.95. The molecule has 0 saturated carbocycles. The Morgan fingerprint density at radius 2 is 1.53 bits per heavy atom. The molecular formula is C18H16ClF3N2O6S2. The molecule has 0 spiro atoms. The number of rotatable bonds is 6. The number of carbonyl (C=O) groups is 1. The lowest BCUT2D eigenvalue weighted by Crippen LogP contribution is -2.31. The molecule has 0 aromatic heterocycles. The smallest absolute Gasteiger partial charge is 0.406 e. The summed E-state index contributed by atoms with van der Waals surface area (Å²) in [6, 6.07) is 6.50. The average Bonchev–Trinajstić information content (AvgIpc) is 3.22. The maximum absolute atomic E-state index is 12.7. The number of nitrogens with one attached hydrogen (secondary N) is 1. The molecule has 1 aliphatic rings. The Morgan fingerprint density at radius 1 is 0.969 bits per heavy atom. The van der Waals surface area contributed by atoms with Crippen LogP contribution in [0.4, 0.5) is 13.2 Å². The number of ether oxygens (including phenoxy) is 1. The predicted molar refractivity (Wildman–Crippen MR) is 107 cm³/mol. The maximum Gasteiger partial charge on any atom is 0.573 e. The van der Waals surface area contributed by atoms with E-state index in [2.05, 4.69) is 4.74 Å². The van der Waals surface area contributed by atoms with Crippen LogP contribution in [0, 0.1) is 0 Å². The molecule has 1 aliphatic heterocycles. The van der Waals surface area contributed by atoms with Crippen LogP contribution in [0.1, 0.15) is 23.2 Å². The standard InChI is InChI=1S/C18H16ClF3N2O6S2/c19-16-8-7-14(32(28,29)24-9-1-2-10-24)11-15(16)17(25)23-31(26,27)13-5-3-12(4-6-13)30-18(20,21)22/h3-8,11H,1-2,9-10H2,(H,23,25). The molecule has 1 fully saturated rings. The topological polar surface area (TPSA) is 110 Å². The van der Waals surface area contributed by atoms with Gasteiger partial charge in [-0.05, 0) is 55.3 Å².